The van der Waals surface area contributed by atoms with Gasteiger partial charge in [0.05, 0.1) is 27.9 Å². The minimum Gasteiger partial charge on any atom is -0.496 e. The molecule has 1 aliphatic heterocycles. The lowest BCUT2D eigenvalue weighted by atomic mass is 9.87. The second-order valence-corrected chi connectivity index (χ2v) is 7.68. The van der Waals surface area contributed by atoms with Gasteiger partial charge in [-0.1, -0.05) is 18.2 Å². The first-order chi connectivity index (χ1) is 15.0. The summed E-state index contributed by atoms with van der Waals surface area (Å²) in [5, 5.41) is 19.8. The molecule has 2 aromatic rings. The van der Waals surface area contributed by atoms with Crippen LogP contribution in [0.1, 0.15) is 46.3 Å². The summed E-state index contributed by atoms with van der Waals surface area (Å²) >= 11 is 0. The molecule has 0 aliphatic carbocycles. The van der Waals surface area contributed by atoms with Crippen molar-refractivity contribution in [3.63, 3.8) is 0 Å². The van der Waals surface area contributed by atoms with Crippen molar-refractivity contribution in [1.29, 1.82) is 0 Å². The number of Topliss-reactive ketones (excluding diaryl/α,β-unsaturated/α-hetero) is 1. The molecular weight excluding hydrogens is 398 g/mol. The third-order valence-corrected chi connectivity index (χ3v) is 5.93. The fourth-order valence-electron chi connectivity index (χ4n) is 4.14. The molecule has 1 aliphatic rings. The molecule has 1 saturated heterocycles. The van der Waals surface area contributed by atoms with Gasteiger partial charge in [-0.2, -0.15) is 0 Å². The van der Waals surface area contributed by atoms with E-state index in [1.165, 1.54) is 14.2 Å². The SMILES string of the molecule is COc1ccc(C(O)C(=O)c2ccc(C3CCN(CCO)CC3)c(OC)c2)cc1OC. The Morgan fingerprint density at radius 2 is 1.68 bits per heavy atom. The highest BCUT2D eigenvalue weighted by molar-refractivity contribution is 6.00. The molecule has 7 nitrogen and oxygen atoms in total. The van der Waals surface area contributed by atoms with Gasteiger partial charge in [0.2, 0.25) is 0 Å². The molecule has 3 rings (SSSR count). The molecule has 0 aromatic heterocycles. The van der Waals surface area contributed by atoms with Crippen molar-refractivity contribution in [3.8, 4) is 17.2 Å². The maximum absolute atomic E-state index is 13.0. The second kappa shape index (κ2) is 10.6. The van der Waals surface area contributed by atoms with Crippen LogP contribution < -0.4 is 14.2 Å². The zero-order valence-electron chi connectivity index (χ0n) is 18.3. The van der Waals surface area contributed by atoms with E-state index >= 15 is 0 Å². The van der Waals surface area contributed by atoms with Gasteiger partial charge in [0.25, 0.3) is 0 Å². The lowest BCUT2D eigenvalue weighted by Gasteiger charge is -2.32. The average molecular weight is 430 g/mol. The van der Waals surface area contributed by atoms with E-state index in [1.54, 1.807) is 37.4 Å². The van der Waals surface area contributed by atoms with E-state index in [4.69, 9.17) is 19.3 Å². The summed E-state index contributed by atoms with van der Waals surface area (Å²) in [5.74, 6) is 1.57. The largest absolute Gasteiger partial charge is 0.496 e. The van der Waals surface area contributed by atoms with Crippen molar-refractivity contribution in [3.05, 3.63) is 53.1 Å². The van der Waals surface area contributed by atoms with E-state index in [2.05, 4.69) is 4.90 Å². The molecule has 1 unspecified atom stereocenters. The quantitative estimate of drug-likeness (QED) is 0.593. The molecule has 1 heterocycles. The molecular formula is C24H31NO6. The number of ketones is 1. The van der Waals surface area contributed by atoms with Crippen LogP contribution in [0.2, 0.25) is 0 Å². The van der Waals surface area contributed by atoms with Crippen LogP contribution in [-0.2, 0) is 0 Å². The van der Waals surface area contributed by atoms with Gasteiger partial charge >= 0.3 is 0 Å². The maximum atomic E-state index is 13.0. The van der Waals surface area contributed by atoms with Gasteiger partial charge in [-0.05, 0) is 61.2 Å². The Morgan fingerprint density at radius 1 is 1.00 bits per heavy atom. The van der Waals surface area contributed by atoms with Crippen molar-refractivity contribution >= 4 is 5.78 Å². The number of ether oxygens (including phenoxy) is 3. The molecule has 0 bridgehead atoms. The number of carbonyl (C=O) groups is 1. The van der Waals surface area contributed by atoms with Crippen molar-refractivity contribution in [2.75, 3.05) is 47.6 Å². The summed E-state index contributed by atoms with van der Waals surface area (Å²) < 4.78 is 16.1. The van der Waals surface area contributed by atoms with Gasteiger partial charge in [-0.25, -0.2) is 0 Å². The Hall–Kier alpha value is -2.61. The maximum Gasteiger partial charge on any atom is 0.195 e. The number of hydrogen-bond donors (Lipinski definition) is 2. The van der Waals surface area contributed by atoms with Gasteiger partial charge < -0.3 is 29.3 Å². The third-order valence-electron chi connectivity index (χ3n) is 5.93. The number of β-amino-alcohol motifs (C(OH)–C–C–N with tert-alkyl or cyclic N) is 1. The van der Waals surface area contributed by atoms with Gasteiger partial charge in [-0.3, -0.25) is 4.79 Å². The van der Waals surface area contributed by atoms with Crippen molar-refractivity contribution in [2.24, 2.45) is 0 Å². The summed E-state index contributed by atoms with van der Waals surface area (Å²) in [6.07, 6.45) is 0.618. The molecule has 31 heavy (non-hydrogen) atoms. The van der Waals surface area contributed by atoms with Gasteiger partial charge in [0, 0.05) is 12.1 Å². The van der Waals surface area contributed by atoms with Crippen LogP contribution in [0.15, 0.2) is 36.4 Å². The van der Waals surface area contributed by atoms with E-state index < -0.39 is 11.9 Å². The van der Waals surface area contributed by atoms with Crippen LogP contribution in [0.4, 0.5) is 0 Å². The van der Waals surface area contributed by atoms with E-state index in [0.717, 1.165) is 31.5 Å². The van der Waals surface area contributed by atoms with E-state index in [9.17, 15) is 9.90 Å². The first-order valence-electron chi connectivity index (χ1n) is 10.5. The highest BCUT2D eigenvalue weighted by atomic mass is 16.5. The Bertz CT molecular complexity index is 892. The molecule has 0 amide bonds. The first kappa shape index (κ1) is 23.1. The minimum absolute atomic E-state index is 0.174. The fourth-order valence-corrected chi connectivity index (χ4v) is 4.14. The number of nitrogens with zero attached hydrogens (tertiary/aromatic N) is 1. The van der Waals surface area contributed by atoms with E-state index in [1.807, 2.05) is 6.07 Å². The number of rotatable bonds is 9. The molecule has 168 valence electrons. The van der Waals surface area contributed by atoms with Crippen LogP contribution in [0, 0.1) is 0 Å². The number of hydrogen-bond acceptors (Lipinski definition) is 7. The van der Waals surface area contributed by atoms with Crippen LogP contribution in [0.3, 0.4) is 0 Å². The van der Waals surface area contributed by atoms with Crippen LogP contribution >= 0.6 is 0 Å². The average Bonchev–Trinajstić information content (AvgIpc) is 2.83. The predicted octanol–water partition coefficient (Wildman–Crippen LogP) is 2.80. The molecule has 1 fully saturated rings. The van der Waals surface area contributed by atoms with Gasteiger partial charge in [0.1, 0.15) is 11.9 Å². The zero-order valence-corrected chi connectivity index (χ0v) is 18.3. The summed E-state index contributed by atoms with van der Waals surface area (Å²) in [6, 6.07) is 10.3. The number of aliphatic hydroxyl groups is 2. The molecule has 2 N–H and O–H groups in total. The standard InChI is InChI=1S/C24H31NO6/c1-29-20-7-5-18(15-22(20)31-3)24(28)23(27)17-4-6-19(21(14-17)30-2)16-8-10-25(11-9-16)12-13-26/h4-7,14-16,24,26,28H,8-13H2,1-3H3. The van der Waals surface area contributed by atoms with Crippen LogP contribution in [-0.4, -0.2) is 68.5 Å². The smallest absolute Gasteiger partial charge is 0.195 e. The number of aliphatic hydroxyl groups excluding tert-OH is 2. The minimum atomic E-state index is -1.32. The van der Waals surface area contributed by atoms with Crippen molar-refractivity contribution < 1.29 is 29.2 Å². The van der Waals surface area contributed by atoms with E-state index in [-0.39, 0.29) is 6.61 Å². The summed E-state index contributed by atoms with van der Waals surface area (Å²) in [6.45, 7) is 2.72. The highest BCUT2D eigenvalue weighted by Gasteiger charge is 2.26. The van der Waals surface area contributed by atoms with E-state index in [0.29, 0.717) is 40.8 Å². The molecule has 2 aromatic carbocycles. The number of methoxy groups -OCH3 is 3. The van der Waals surface area contributed by atoms with Crippen LogP contribution in [0.5, 0.6) is 17.2 Å². The summed E-state index contributed by atoms with van der Waals surface area (Å²) in [4.78, 5) is 15.2. The number of carbonyl (C=O) groups excluding carboxylic acids is 1. The molecule has 0 radical (unpaired) electrons. The van der Waals surface area contributed by atoms with Gasteiger partial charge in [-0.15, -0.1) is 0 Å². The zero-order chi connectivity index (χ0) is 22.4. The lowest BCUT2D eigenvalue weighted by molar-refractivity contribution is 0.0746. The van der Waals surface area contributed by atoms with Crippen LogP contribution in [0.25, 0.3) is 0 Å². The predicted molar refractivity (Wildman–Crippen MR) is 117 cm³/mol. The summed E-state index contributed by atoms with van der Waals surface area (Å²) in [7, 11) is 4.63. The summed E-state index contributed by atoms with van der Waals surface area (Å²) in [5.41, 5.74) is 1.89. The Morgan fingerprint density at radius 3 is 2.29 bits per heavy atom. The molecule has 0 spiro atoms. The third kappa shape index (κ3) is 5.18. The van der Waals surface area contributed by atoms with Gasteiger partial charge in [0.15, 0.2) is 17.3 Å². The first-order valence-corrected chi connectivity index (χ1v) is 10.5. The molecule has 0 saturated carbocycles. The molecule has 1 atom stereocenters. The number of piperidine rings is 1. The Kier molecular flexibility index (Phi) is 7.90. The number of likely N-dealkylation sites (tertiary alicyclic amines) is 1. The Labute approximate surface area is 183 Å². The highest BCUT2D eigenvalue weighted by Crippen LogP contribution is 2.36. The fraction of sp³-hybridized carbons (Fsp3) is 0.458. The van der Waals surface area contributed by atoms with Crippen molar-refractivity contribution in [1.82, 2.24) is 4.90 Å². The normalized spacial score (nSPS) is 16.0. The second-order valence-electron chi connectivity index (χ2n) is 7.68. The Balaban J connectivity index is 1.78. The molecule has 7 heteroatoms. The lowest BCUT2D eigenvalue weighted by Crippen LogP contribution is -2.35. The number of benzene rings is 2. The topological polar surface area (TPSA) is 88.5 Å². The van der Waals surface area contributed by atoms with Crippen molar-refractivity contribution in [2.45, 2.75) is 24.9 Å². The monoisotopic (exact) mass is 429 g/mol.